The van der Waals surface area contributed by atoms with E-state index < -0.39 is 0 Å². The Morgan fingerprint density at radius 3 is 2.38 bits per heavy atom. The van der Waals surface area contributed by atoms with Crippen LogP contribution in [0.2, 0.25) is 0 Å². The summed E-state index contributed by atoms with van der Waals surface area (Å²) < 4.78 is 23.2. The number of carbonyl (C=O) groups excluding carboxylic acids is 1. The van der Waals surface area contributed by atoms with Crippen molar-refractivity contribution in [2.75, 3.05) is 26.2 Å². The highest BCUT2D eigenvalue weighted by Crippen LogP contribution is 2.41. The van der Waals surface area contributed by atoms with Crippen LogP contribution in [-0.2, 0) is 6.54 Å². The molecule has 0 saturated carbocycles. The molecule has 8 heteroatoms. The van der Waals surface area contributed by atoms with Crippen molar-refractivity contribution in [3.63, 3.8) is 0 Å². The van der Waals surface area contributed by atoms with Gasteiger partial charge in [-0.3, -0.25) is 9.69 Å². The molecule has 0 bridgehead atoms. The standard InChI is InChI=1S/C26H22N2O5S/c1-30-18-12-13-20(32-3)24-22(18)27-26(34-24)28(15-16-8-5-4-6-9-16)25(29)21-14-17-10-7-11-19(31-2)23(17)33-21/h4-14H,15H2,1-3H3. The van der Waals surface area contributed by atoms with E-state index in [0.29, 0.717) is 40.0 Å². The number of hydrogen-bond acceptors (Lipinski definition) is 7. The van der Waals surface area contributed by atoms with Gasteiger partial charge >= 0.3 is 0 Å². The number of anilines is 1. The van der Waals surface area contributed by atoms with Gasteiger partial charge in [-0.2, -0.15) is 0 Å². The van der Waals surface area contributed by atoms with Gasteiger partial charge in [0.05, 0.1) is 27.9 Å². The minimum atomic E-state index is -0.306. The van der Waals surface area contributed by atoms with E-state index in [1.54, 1.807) is 44.4 Å². The number of hydrogen-bond donors (Lipinski definition) is 0. The lowest BCUT2D eigenvalue weighted by Crippen LogP contribution is -2.30. The zero-order valence-corrected chi connectivity index (χ0v) is 19.7. The highest BCUT2D eigenvalue weighted by atomic mass is 32.1. The van der Waals surface area contributed by atoms with Crippen molar-refractivity contribution >= 4 is 43.6 Å². The third-order valence-electron chi connectivity index (χ3n) is 5.50. The zero-order chi connectivity index (χ0) is 23.7. The van der Waals surface area contributed by atoms with E-state index in [0.717, 1.165) is 15.6 Å². The number of thiazole rings is 1. The predicted octanol–water partition coefficient (Wildman–Crippen LogP) is 5.92. The Hall–Kier alpha value is -4.04. The maximum atomic E-state index is 13.8. The van der Waals surface area contributed by atoms with Crippen molar-refractivity contribution in [1.82, 2.24) is 4.98 Å². The summed E-state index contributed by atoms with van der Waals surface area (Å²) in [5, 5.41) is 1.30. The van der Waals surface area contributed by atoms with E-state index in [-0.39, 0.29) is 11.7 Å². The van der Waals surface area contributed by atoms with E-state index in [1.807, 2.05) is 48.5 Å². The van der Waals surface area contributed by atoms with Crippen molar-refractivity contribution in [2.45, 2.75) is 6.54 Å². The molecule has 0 saturated heterocycles. The Morgan fingerprint density at radius 2 is 1.65 bits per heavy atom. The zero-order valence-electron chi connectivity index (χ0n) is 18.9. The highest BCUT2D eigenvalue weighted by Gasteiger charge is 2.27. The van der Waals surface area contributed by atoms with Gasteiger partial charge in [-0.15, -0.1) is 0 Å². The van der Waals surface area contributed by atoms with Crippen LogP contribution in [0.5, 0.6) is 17.2 Å². The predicted molar refractivity (Wildman–Crippen MR) is 132 cm³/mol. The van der Waals surface area contributed by atoms with Crippen LogP contribution in [-0.4, -0.2) is 32.2 Å². The van der Waals surface area contributed by atoms with Gasteiger partial charge in [0.1, 0.15) is 21.7 Å². The van der Waals surface area contributed by atoms with E-state index >= 15 is 0 Å². The molecule has 0 aliphatic heterocycles. The number of methoxy groups -OCH3 is 3. The Bertz CT molecular complexity index is 1430. The summed E-state index contributed by atoms with van der Waals surface area (Å²) in [5.41, 5.74) is 2.13. The van der Waals surface area contributed by atoms with Crippen molar-refractivity contribution < 1.29 is 23.4 Å². The molecule has 0 N–H and O–H groups in total. The summed E-state index contributed by atoms with van der Waals surface area (Å²) >= 11 is 1.37. The topological polar surface area (TPSA) is 74.0 Å². The van der Waals surface area contributed by atoms with Crippen LogP contribution < -0.4 is 19.1 Å². The molecule has 0 fully saturated rings. The Morgan fingerprint density at radius 1 is 0.912 bits per heavy atom. The second kappa shape index (κ2) is 9.07. The molecular weight excluding hydrogens is 452 g/mol. The number of ether oxygens (including phenoxy) is 3. The Kier molecular flexibility index (Phi) is 5.81. The molecule has 2 aromatic heterocycles. The lowest BCUT2D eigenvalue weighted by molar-refractivity contribution is 0.0960. The number of aromatic nitrogens is 1. The number of fused-ring (bicyclic) bond motifs is 2. The molecule has 2 heterocycles. The Balaban J connectivity index is 1.64. The van der Waals surface area contributed by atoms with Gasteiger partial charge in [-0.05, 0) is 29.8 Å². The lowest BCUT2D eigenvalue weighted by atomic mass is 10.2. The van der Waals surface area contributed by atoms with Gasteiger partial charge in [0, 0.05) is 5.39 Å². The molecule has 0 radical (unpaired) electrons. The number of carbonyl (C=O) groups is 1. The van der Waals surface area contributed by atoms with Gasteiger partial charge in [-0.25, -0.2) is 4.98 Å². The fourth-order valence-electron chi connectivity index (χ4n) is 3.82. The van der Waals surface area contributed by atoms with Gasteiger partial charge in [0.25, 0.3) is 5.91 Å². The van der Waals surface area contributed by atoms with Crippen LogP contribution in [0, 0.1) is 0 Å². The first-order chi connectivity index (χ1) is 16.6. The normalized spacial score (nSPS) is 11.0. The van der Waals surface area contributed by atoms with Crippen LogP contribution in [0.4, 0.5) is 5.13 Å². The maximum absolute atomic E-state index is 13.8. The number of amides is 1. The fraction of sp³-hybridized carbons (Fsp3) is 0.154. The molecule has 3 aromatic carbocycles. The quantitative estimate of drug-likeness (QED) is 0.292. The first-order valence-electron chi connectivity index (χ1n) is 10.6. The van der Waals surface area contributed by atoms with Crippen LogP contribution in [0.15, 0.2) is 71.1 Å². The lowest BCUT2D eigenvalue weighted by Gasteiger charge is -2.18. The number of furan rings is 1. The number of para-hydroxylation sites is 1. The van der Waals surface area contributed by atoms with Crippen LogP contribution >= 0.6 is 11.3 Å². The average Bonchev–Trinajstić information content (AvgIpc) is 3.52. The van der Waals surface area contributed by atoms with Crippen LogP contribution in [0.25, 0.3) is 21.2 Å². The van der Waals surface area contributed by atoms with Crippen molar-refractivity contribution in [2.24, 2.45) is 0 Å². The molecule has 0 atom stereocenters. The fourth-order valence-corrected chi connectivity index (χ4v) is 4.89. The van der Waals surface area contributed by atoms with Gasteiger partial charge in [0.2, 0.25) is 0 Å². The van der Waals surface area contributed by atoms with E-state index in [2.05, 4.69) is 0 Å². The summed E-state index contributed by atoms with van der Waals surface area (Å²) in [6, 6.07) is 20.7. The summed E-state index contributed by atoms with van der Waals surface area (Å²) in [6.45, 7) is 0.318. The summed E-state index contributed by atoms with van der Waals surface area (Å²) in [4.78, 5) is 20.2. The van der Waals surface area contributed by atoms with Crippen molar-refractivity contribution in [3.05, 3.63) is 78.1 Å². The largest absolute Gasteiger partial charge is 0.495 e. The van der Waals surface area contributed by atoms with Gasteiger partial charge in [0.15, 0.2) is 22.2 Å². The Labute approximate surface area is 200 Å². The monoisotopic (exact) mass is 474 g/mol. The molecule has 7 nitrogen and oxygen atoms in total. The van der Waals surface area contributed by atoms with Crippen LogP contribution in [0.1, 0.15) is 16.1 Å². The van der Waals surface area contributed by atoms with E-state index in [9.17, 15) is 4.79 Å². The number of rotatable bonds is 7. The SMILES string of the molecule is COc1ccc(OC)c2sc(N(Cc3ccccc3)C(=O)c3cc4cccc(OC)c4o3)nc12. The maximum Gasteiger partial charge on any atom is 0.296 e. The second-order valence-corrected chi connectivity index (χ2v) is 8.49. The molecule has 5 rings (SSSR count). The minimum absolute atomic E-state index is 0.202. The van der Waals surface area contributed by atoms with E-state index in [4.69, 9.17) is 23.6 Å². The van der Waals surface area contributed by atoms with Gasteiger partial charge < -0.3 is 18.6 Å². The summed E-state index contributed by atoms with van der Waals surface area (Å²) in [5.74, 6) is 1.74. The third-order valence-corrected chi connectivity index (χ3v) is 6.59. The summed E-state index contributed by atoms with van der Waals surface area (Å²) in [7, 11) is 4.77. The molecule has 0 spiro atoms. The van der Waals surface area contributed by atoms with Crippen molar-refractivity contribution in [3.8, 4) is 17.2 Å². The first kappa shape index (κ1) is 21.8. The third kappa shape index (κ3) is 3.82. The number of nitrogens with zero attached hydrogens (tertiary/aromatic N) is 2. The molecule has 0 aliphatic rings. The molecule has 0 aliphatic carbocycles. The van der Waals surface area contributed by atoms with E-state index in [1.165, 1.54) is 11.3 Å². The summed E-state index contributed by atoms with van der Waals surface area (Å²) in [6.07, 6.45) is 0. The molecular formula is C26H22N2O5S. The van der Waals surface area contributed by atoms with Crippen molar-refractivity contribution in [1.29, 1.82) is 0 Å². The van der Waals surface area contributed by atoms with Gasteiger partial charge in [-0.1, -0.05) is 53.8 Å². The van der Waals surface area contributed by atoms with Crippen LogP contribution in [0.3, 0.4) is 0 Å². The molecule has 172 valence electrons. The second-order valence-electron chi connectivity index (χ2n) is 7.51. The highest BCUT2D eigenvalue weighted by molar-refractivity contribution is 7.22. The molecule has 0 unspecified atom stereocenters. The molecule has 5 aromatic rings. The number of benzene rings is 3. The first-order valence-corrected chi connectivity index (χ1v) is 11.4. The molecule has 34 heavy (non-hydrogen) atoms. The molecule has 1 amide bonds. The smallest absolute Gasteiger partial charge is 0.296 e. The minimum Gasteiger partial charge on any atom is -0.495 e. The average molecular weight is 475 g/mol.